The standard InChI is InChI=1S/C16H13NO2S.C16H14O2/c1-10(16(18)19)12-7-8-14-13(9-12)17-15(20-14)11-5-3-2-4-6-11;1-10(16(17)18)11-6-7-15-13(8-11)9-12-4-2-3-5-14(12)15/h2-10H,1H3,(H,18,19);2-8,10H,9H2,1H3,(H,17,18). The van der Waals surface area contributed by atoms with Crippen LogP contribution in [-0.2, 0) is 16.0 Å². The summed E-state index contributed by atoms with van der Waals surface area (Å²) in [5.74, 6) is -2.55. The summed E-state index contributed by atoms with van der Waals surface area (Å²) >= 11 is 1.62. The summed E-state index contributed by atoms with van der Waals surface area (Å²) in [6.07, 6.45) is 0.908. The molecule has 6 rings (SSSR count). The van der Waals surface area contributed by atoms with Gasteiger partial charge < -0.3 is 10.2 Å². The molecule has 2 unspecified atom stereocenters. The lowest BCUT2D eigenvalue weighted by atomic mass is 9.96. The Morgan fingerprint density at radius 1 is 0.737 bits per heavy atom. The molecular weight excluding hydrogens is 494 g/mol. The van der Waals surface area contributed by atoms with E-state index in [0.29, 0.717) is 0 Å². The van der Waals surface area contributed by atoms with Gasteiger partial charge in [-0.05, 0) is 65.8 Å². The third-order valence-corrected chi connectivity index (χ3v) is 8.08. The number of carboxylic acids is 2. The van der Waals surface area contributed by atoms with Crippen LogP contribution in [0.4, 0.5) is 0 Å². The maximum Gasteiger partial charge on any atom is 0.310 e. The van der Waals surface area contributed by atoms with Crippen molar-refractivity contribution in [2.45, 2.75) is 32.1 Å². The van der Waals surface area contributed by atoms with Gasteiger partial charge in [-0.25, -0.2) is 4.98 Å². The number of nitrogens with zero attached hydrogens (tertiary/aromatic N) is 1. The number of thiazole rings is 1. The molecule has 0 amide bonds. The summed E-state index contributed by atoms with van der Waals surface area (Å²) in [5.41, 5.74) is 8.70. The van der Waals surface area contributed by atoms with Gasteiger partial charge in [-0.1, -0.05) is 78.9 Å². The fraction of sp³-hybridized carbons (Fsp3) is 0.156. The number of hydrogen-bond acceptors (Lipinski definition) is 4. The summed E-state index contributed by atoms with van der Waals surface area (Å²) in [6.45, 7) is 3.42. The van der Waals surface area contributed by atoms with Crippen molar-refractivity contribution in [3.8, 4) is 21.7 Å². The minimum Gasteiger partial charge on any atom is -0.481 e. The van der Waals surface area contributed by atoms with E-state index < -0.39 is 23.8 Å². The third kappa shape index (κ3) is 5.08. The molecule has 0 spiro atoms. The first-order valence-corrected chi connectivity index (χ1v) is 13.3. The molecule has 38 heavy (non-hydrogen) atoms. The van der Waals surface area contributed by atoms with Gasteiger partial charge in [0.1, 0.15) is 5.01 Å². The summed E-state index contributed by atoms with van der Waals surface area (Å²) < 4.78 is 1.07. The number of rotatable bonds is 5. The Kier molecular flexibility index (Phi) is 7.07. The normalized spacial score (nSPS) is 13.1. The molecule has 0 saturated carbocycles. The molecule has 5 aromatic rings. The van der Waals surface area contributed by atoms with Crippen LogP contribution >= 0.6 is 11.3 Å². The molecule has 190 valence electrons. The zero-order valence-corrected chi connectivity index (χ0v) is 21.9. The van der Waals surface area contributed by atoms with Crippen LogP contribution in [0.2, 0.25) is 0 Å². The molecule has 2 N–H and O–H groups in total. The van der Waals surface area contributed by atoms with Crippen LogP contribution in [0.3, 0.4) is 0 Å². The van der Waals surface area contributed by atoms with Crippen molar-refractivity contribution in [3.05, 3.63) is 113 Å². The van der Waals surface area contributed by atoms with Gasteiger partial charge in [-0.2, -0.15) is 0 Å². The predicted octanol–water partition coefficient (Wildman–Crippen LogP) is 7.60. The van der Waals surface area contributed by atoms with Crippen LogP contribution in [0.15, 0.2) is 91.0 Å². The van der Waals surface area contributed by atoms with E-state index in [4.69, 9.17) is 10.2 Å². The Bertz CT molecular complexity index is 1640. The quantitative estimate of drug-likeness (QED) is 0.244. The van der Waals surface area contributed by atoms with Crippen molar-refractivity contribution in [2.75, 3.05) is 0 Å². The van der Waals surface area contributed by atoms with Crippen molar-refractivity contribution in [1.29, 1.82) is 0 Å². The van der Waals surface area contributed by atoms with Gasteiger partial charge in [0.15, 0.2) is 0 Å². The molecule has 1 aromatic heterocycles. The highest BCUT2D eigenvalue weighted by atomic mass is 32.1. The van der Waals surface area contributed by atoms with Crippen LogP contribution in [0.1, 0.15) is 47.9 Å². The van der Waals surface area contributed by atoms with Crippen LogP contribution in [0, 0.1) is 0 Å². The van der Waals surface area contributed by atoms with E-state index in [1.54, 1.807) is 25.2 Å². The minimum absolute atomic E-state index is 0.445. The van der Waals surface area contributed by atoms with E-state index in [0.717, 1.165) is 38.3 Å². The first-order chi connectivity index (χ1) is 18.3. The number of aromatic nitrogens is 1. The number of carboxylic acid groups (broad SMARTS) is 2. The van der Waals surface area contributed by atoms with Crippen LogP contribution in [0.5, 0.6) is 0 Å². The van der Waals surface area contributed by atoms with Crippen molar-refractivity contribution >= 4 is 33.5 Å². The molecule has 0 saturated heterocycles. The molecular formula is C32H27NO4S. The molecule has 1 heterocycles. The summed E-state index contributed by atoms with van der Waals surface area (Å²) in [5, 5.41) is 19.1. The summed E-state index contributed by atoms with van der Waals surface area (Å²) in [7, 11) is 0. The van der Waals surface area contributed by atoms with Crippen molar-refractivity contribution in [1.82, 2.24) is 4.98 Å². The van der Waals surface area contributed by atoms with E-state index in [2.05, 4.69) is 23.2 Å². The van der Waals surface area contributed by atoms with Gasteiger partial charge in [0, 0.05) is 5.56 Å². The first-order valence-electron chi connectivity index (χ1n) is 12.4. The molecule has 0 aliphatic heterocycles. The SMILES string of the molecule is CC(C(=O)O)c1ccc2c(c1)Cc1ccccc1-2.CC(C(=O)O)c1ccc2sc(-c3ccccc3)nc2c1. The van der Waals surface area contributed by atoms with Crippen molar-refractivity contribution < 1.29 is 19.8 Å². The molecule has 2 atom stereocenters. The zero-order valence-electron chi connectivity index (χ0n) is 21.1. The van der Waals surface area contributed by atoms with E-state index in [9.17, 15) is 9.59 Å². The van der Waals surface area contributed by atoms with Gasteiger partial charge >= 0.3 is 11.9 Å². The van der Waals surface area contributed by atoms with Gasteiger partial charge in [-0.3, -0.25) is 9.59 Å². The second kappa shape index (κ2) is 10.6. The minimum atomic E-state index is -0.817. The van der Waals surface area contributed by atoms with Gasteiger partial charge in [-0.15, -0.1) is 11.3 Å². The lowest BCUT2D eigenvalue weighted by molar-refractivity contribution is -0.139. The van der Waals surface area contributed by atoms with Gasteiger partial charge in [0.25, 0.3) is 0 Å². The Balaban J connectivity index is 0.000000156. The van der Waals surface area contributed by atoms with Gasteiger partial charge in [0.2, 0.25) is 0 Å². The Morgan fingerprint density at radius 2 is 1.34 bits per heavy atom. The monoisotopic (exact) mass is 521 g/mol. The fourth-order valence-corrected chi connectivity index (χ4v) is 5.59. The van der Waals surface area contributed by atoms with Gasteiger partial charge in [0.05, 0.1) is 22.1 Å². The lowest BCUT2D eigenvalue weighted by Gasteiger charge is -2.09. The average molecular weight is 522 g/mol. The Morgan fingerprint density at radius 3 is 2.05 bits per heavy atom. The summed E-state index contributed by atoms with van der Waals surface area (Å²) in [4.78, 5) is 26.7. The maximum atomic E-state index is 11.0. The maximum absolute atomic E-state index is 11.0. The number of fused-ring (bicyclic) bond motifs is 4. The number of hydrogen-bond donors (Lipinski definition) is 2. The van der Waals surface area contributed by atoms with E-state index in [1.807, 2.05) is 72.8 Å². The summed E-state index contributed by atoms with van der Waals surface area (Å²) in [6, 6.07) is 30.1. The molecule has 4 aromatic carbocycles. The number of carbonyl (C=O) groups is 2. The second-order valence-corrected chi connectivity index (χ2v) is 10.5. The van der Waals surface area contributed by atoms with Crippen molar-refractivity contribution in [2.24, 2.45) is 0 Å². The lowest BCUT2D eigenvalue weighted by Crippen LogP contribution is -2.07. The molecule has 1 aliphatic rings. The molecule has 6 heteroatoms. The Labute approximate surface area is 225 Å². The first kappa shape index (κ1) is 25.4. The predicted molar refractivity (Wildman–Crippen MR) is 152 cm³/mol. The largest absolute Gasteiger partial charge is 0.481 e. The topological polar surface area (TPSA) is 87.5 Å². The van der Waals surface area contributed by atoms with Crippen LogP contribution in [0.25, 0.3) is 31.9 Å². The number of aliphatic carboxylic acids is 2. The van der Waals surface area contributed by atoms with E-state index in [-0.39, 0.29) is 0 Å². The highest BCUT2D eigenvalue weighted by Crippen LogP contribution is 2.37. The highest BCUT2D eigenvalue weighted by molar-refractivity contribution is 7.21. The fourth-order valence-electron chi connectivity index (χ4n) is 4.64. The molecule has 0 bridgehead atoms. The van der Waals surface area contributed by atoms with E-state index >= 15 is 0 Å². The smallest absolute Gasteiger partial charge is 0.310 e. The molecule has 0 fully saturated rings. The highest BCUT2D eigenvalue weighted by Gasteiger charge is 2.21. The zero-order chi connectivity index (χ0) is 26.8. The second-order valence-electron chi connectivity index (χ2n) is 9.48. The average Bonchev–Trinajstić information content (AvgIpc) is 3.53. The molecule has 5 nitrogen and oxygen atoms in total. The molecule has 0 radical (unpaired) electrons. The third-order valence-electron chi connectivity index (χ3n) is 6.99. The molecule has 1 aliphatic carbocycles. The Hall–Kier alpha value is -4.29. The van der Waals surface area contributed by atoms with E-state index in [1.165, 1.54) is 22.3 Å². The van der Waals surface area contributed by atoms with Crippen LogP contribution < -0.4 is 0 Å². The van der Waals surface area contributed by atoms with Crippen molar-refractivity contribution in [3.63, 3.8) is 0 Å². The number of benzene rings is 4. The van der Waals surface area contributed by atoms with Crippen LogP contribution in [-0.4, -0.2) is 27.1 Å².